The molecule has 2 N–H and O–H groups in total. The predicted octanol–water partition coefficient (Wildman–Crippen LogP) is 5.88. The van der Waals surface area contributed by atoms with Gasteiger partial charge in [-0.2, -0.15) is 10.2 Å². The van der Waals surface area contributed by atoms with Crippen molar-refractivity contribution < 1.29 is 0 Å². The van der Waals surface area contributed by atoms with Gasteiger partial charge < -0.3 is 5.73 Å². The normalized spacial score (nSPS) is 13.2. The van der Waals surface area contributed by atoms with Gasteiger partial charge in [-0.1, -0.05) is 30.3 Å². The number of nitrogen functional groups attached to an aromatic ring is 1. The van der Waals surface area contributed by atoms with Gasteiger partial charge in [0.05, 0.1) is 45.6 Å². The maximum absolute atomic E-state index is 5.97. The molecule has 1 aliphatic rings. The van der Waals surface area contributed by atoms with E-state index in [0.29, 0.717) is 17.3 Å². The first kappa shape index (κ1) is 25.8. The molecule has 1 aromatic carbocycles. The number of hydrazone groups is 2. The average molecular weight is 540 g/mol. The van der Waals surface area contributed by atoms with Crippen LogP contribution in [-0.2, 0) is 0 Å². The lowest BCUT2D eigenvalue weighted by atomic mass is 10.0. The summed E-state index contributed by atoms with van der Waals surface area (Å²) in [4.78, 5) is 19.7. The molecule has 0 radical (unpaired) electrons. The molecule has 5 heterocycles. The quantitative estimate of drug-likeness (QED) is 0.265. The zero-order chi connectivity index (χ0) is 28.5. The summed E-state index contributed by atoms with van der Waals surface area (Å²) in [5.41, 5.74) is 14.6. The standard InChI is InChI=1S/C32H29N9/c1-20-25-8-5-9-26(34-25)21(2)39-41(4)32-13-7-11-28(37-32)30-19-23(22-14-16-24(33)17-15-22)18-29(35-30)27-10-6-12-31(36-27)40(3)38-20/h5-19H,33H2,1-4H3. The molecule has 0 saturated carbocycles. The lowest BCUT2D eigenvalue weighted by molar-refractivity contribution is 0.967. The summed E-state index contributed by atoms with van der Waals surface area (Å²) in [6.45, 7) is 3.87. The van der Waals surface area contributed by atoms with E-state index in [1.54, 1.807) is 10.0 Å². The van der Waals surface area contributed by atoms with Crippen LogP contribution in [-0.4, -0.2) is 45.5 Å². The second-order valence-electron chi connectivity index (χ2n) is 9.84. The summed E-state index contributed by atoms with van der Waals surface area (Å²) in [5.74, 6) is 1.36. The van der Waals surface area contributed by atoms with Gasteiger partial charge in [-0.3, -0.25) is 10.0 Å². The minimum atomic E-state index is 0.680. The largest absolute Gasteiger partial charge is 0.399 e. The van der Waals surface area contributed by atoms with Crippen LogP contribution in [0.2, 0.25) is 0 Å². The molecule has 0 amide bonds. The monoisotopic (exact) mass is 539 g/mol. The van der Waals surface area contributed by atoms with Gasteiger partial charge in [0, 0.05) is 19.8 Å². The van der Waals surface area contributed by atoms with Crippen molar-refractivity contribution in [1.82, 2.24) is 19.9 Å². The third kappa shape index (κ3) is 5.38. The Labute approximate surface area is 238 Å². The van der Waals surface area contributed by atoms with Crippen molar-refractivity contribution in [3.8, 4) is 33.9 Å². The number of rotatable bonds is 1. The fourth-order valence-electron chi connectivity index (χ4n) is 4.62. The molecule has 0 unspecified atom stereocenters. The molecular formula is C32H29N9. The first-order valence-corrected chi connectivity index (χ1v) is 13.2. The van der Waals surface area contributed by atoms with Gasteiger partial charge >= 0.3 is 0 Å². The molecular weight excluding hydrogens is 510 g/mol. The number of anilines is 3. The van der Waals surface area contributed by atoms with Crippen LogP contribution < -0.4 is 15.8 Å². The van der Waals surface area contributed by atoms with E-state index >= 15 is 0 Å². The lowest BCUT2D eigenvalue weighted by Gasteiger charge is -2.17. The van der Waals surface area contributed by atoms with Crippen LogP contribution in [0.25, 0.3) is 33.9 Å². The number of fused-ring (bicyclic) bond motifs is 10. The van der Waals surface area contributed by atoms with Crippen molar-refractivity contribution >= 4 is 28.7 Å². The molecule has 0 atom stereocenters. The lowest BCUT2D eigenvalue weighted by Crippen LogP contribution is -2.17. The van der Waals surface area contributed by atoms with Gasteiger partial charge in [0.2, 0.25) is 0 Å². The number of nitrogens with zero attached hydrogens (tertiary/aromatic N) is 8. The van der Waals surface area contributed by atoms with E-state index < -0.39 is 0 Å². The fourth-order valence-corrected chi connectivity index (χ4v) is 4.62. The minimum Gasteiger partial charge on any atom is -0.399 e. The Kier molecular flexibility index (Phi) is 6.68. The smallest absolute Gasteiger partial charge is 0.149 e. The maximum Gasteiger partial charge on any atom is 0.149 e. The molecule has 0 aliphatic carbocycles. The summed E-state index contributed by atoms with van der Waals surface area (Å²) in [6.07, 6.45) is 0. The van der Waals surface area contributed by atoms with Gasteiger partial charge in [-0.25, -0.2) is 19.9 Å². The zero-order valence-corrected chi connectivity index (χ0v) is 23.3. The van der Waals surface area contributed by atoms with Crippen molar-refractivity contribution in [3.63, 3.8) is 0 Å². The third-order valence-electron chi connectivity index (χ3n) is 6.82. The Morgan fingerprint density at radius 1 is 0.488 bits per heavy atom. The van der Waals surface area contributed by atoms with Crippen molar-refractivity contribution in [1.29, 1.82) is 0 Å². The average Bonchev–Trinajstić information content (AvgIpc) is 3.01. The van der Waals surface area contributed by atoms with Crippen molar-refractivity contribution in [2.75, 3.05) is 29.8 Å². The number of pyridine rings is 4. The SMILES string of the molecule is CC1=NN(C)c2cccc(n2)-c2cc(-c3ccc(N)cc3)cc(n2)-c2cccc(n2)N(C)N=C(C)c2cccc1n2. The number of aromatic nitrogens is 4. The van der Waals surface area contributed by atoms with E-state index in [9.17, 15) is 0 Å². The Morgan fingerprint density at radius 2 is 0.927 bits per heavy atom. The highest BCUT2D eigenvalue weighted by molar-refractivity contribution is 6.01. The van der Waals surface area contributed by atoms with Crippen LogP contribution in [0.3, 0.4) is 0 Å². The van der Waals surface area contributed by atoms with Gasteiger partial charge in [0.1, 0.15) is 11.6 Å². The summed E-state index contributed by atoms with van der Waals surface area (Å²) in [7, 11) is 3.75. The molecule has 0 saturated heterocycles. The van der Waals surface area contributed by atoms with Crippen LogP contribution in [0.1, 0.15) is 25.2 Å². The summed E-state index contributed by atoms with van der Waals surface area (Å²) in [5, 5.41) is 13.1. The molecule has 4 aromatic heterocycles. The van der Waals surface area contributed by atoms with Gasteiger partial charge in [-0.05, 0) is 85.6 Å². The Morgan fingerprint density at radius 3 is 1.44 bits per heavy atom. The van der Waals surface area contributed by atoms with Crippen LogP contribution in [0.5, 0.6) is 0 Å². The Hall–Kier alpha value is -5.44. The van der Waals surface area contributed by atoms with Crippen LogP contribution in [0.4, 0.5) is 17.3 Å². The first-order chi connectivity index (χ1) is 19.8. The van der Waals surface area contributed by atoms with Crippen LogP contribution in [0.15, 0.2) is 101 Å². The molecule has 8 bridgehead atoms. The van der Waals surface area contributed by atoms with E-state index in [-0.39, 0.29) is 0 Å². The first-order valence-electron chi connectivity index (χ1n) is 13.2. The van der Waals surface area contributed by atoms with E-state index in [2.05, 4.69) is 0 Å². The molecule has 5 aromatic rings. The summed E-state index contributed by atoms with van der Waals surface area (Å²) in [6, 6.07) is 29.4. The van der Waals surface area contributed by atoms with Crippen LogP contribution >= 0.6 is 0 Å². The van der Waals surface area contributed by atoms with Crippen molar-refractivity contribution in [2.45, 2.75) is 13.8 Å². The van der Waals surface area contributed by atoms with E-state index in [0.717, 1.165) is 56.7 Å². The molecule has 202 valence electrons. The number of nitrogens with two attached hydrogens (primary N) is 1. The second kappa shape index (κ2) is 10.6. The highest BCUT2D eigenvalue weighted by atomic mass is 15.5. The van der Waals surface area contributed by atoms with E-state index in [1.807, 2.05) is 119 Å². The molecule has 41 heavy (non-hydrogen) atoms. The highest BCUT2D eigenvalue weighted by Gasteiger charge is 2.15. The van der Waals surface area contributed by atoms with Crippen molar-refractivity contribution in [2.24, 2.45) is 10.2 Å². The van der Waals surface area contributed by atoms with Gasteiger partial charge in [-0.15, -0.1) is 0 Å². The maximum atomic E-state index is 5.97. The summed E-state index contributed by atoms with van der Waals surface area (Å²) >= 11 is 0. The number of hydrogen-bond acceptors (Lipinski definition) is 9. The molecule has 9 nitrogen and oxygen atoms in total. The topological polar surface area (TPSA) is 109 Å². The van der Waals surface area contributed by atoms with E-state index in [1.165, 1.54) is 0 Å². The summed E-state index contributed by atoms with van der Waals surface area (Å²) < 4.78 is 0. The fraction of sp³-hybridized carbons (Fsp3) is 0.125. The Bertz CT molecular complexity index is 1710. The van der Waals surface area contributed by atoms with E-state index in [4.69, 9.17) is 35.9 Å². The van der Waals surface area contributed by atoms with Gasteiger partial charge in [0.15, 0.2) is 0 Å². The zero-order valence-electron chi connectivity index (χ0n) is 23.3. The van der Waals surface area contributed by atoms with Crippen molar-refractivity contribution in [3.05, 3.63) is 102 Å². The highest BCUT2D eigenvalue weighted by Crippen LogP contribution is 2.31. The number of hydrogen-bond donors (Lipinski definition) is 1. The molecule has 1 aliphatic heterocycles. The molecule has 0 fully saturated rings. The second-order valence-corrected chi connectivity index (χ2v) is 9.84. The van der Waals surface area contributed by atoms with Gasteiger partial charge in [0.25, 0.3) is 0 Å². The molecule has 9 heteroatoms. The molecule has 6 rings (SSSR count). The third-order valence-corrected chi connectivity index (χ3v) is 6.82. The minimum absolute atomic E-state index is 0.680. The Balaban J connectivity index is 1.58. The molecule has 0 spiro atoms. The predicted molar refractivity (Wildman–Crippen MR) is 166 cm³/mol. The number of benzene rings is 1. The van der Waals surface area contributed by atoms with Crippen LogP contribution in [0, 0.1) is 0 Å².